The molecule has 3 N–H and O–H groups in total. The Morgan fingerprint density at radius 2 is 2.21 bits per heavy atom. The van der Waals surface area contributed by atoms with Crippen molar-refractivity contribution in [1.82, 2.24) is 10.1 Å². The number of aliphatic hydroxyl groups is 1. The van der Waals surface area contributed by atoms with Gasteiger partial charge < -0.3 is 15.4 Å². The molecule has 5 nitrogen and oxygen atoms in total. The average molecular weight is 279 g/mol. The third kappa shape index (κ3) is 2.56. The second-order valence-corrected chi connectivity index (χ2v) is 6.00. The number of aliphatic hydroxyl groups excluding tert-OH is 1. The van der Waals surface area contributed by atoms with Crippen LogP contribution in [0.4, 0.5) is 0 Å². The monoisotopic (exact) mass is 279 g/mol. The molecule has 0 radical (unpaired) electrons. The molecule has 0 saturated heterocycles. The molecule has 3 rings (SSSR count). The van der Waals surface area contributed by atoms with Gasteiger partial charge in [0.15, 0.2) is 5.82 Å². The van der Waals surface area contributed by atoms with Crippen LogP contribution < -0.4 is 5.73 Å². The Balaban J connectivity index is 1.88. The Labute approximate surface area is 115 Å². The fourth-order valence-electron chi connectivity index (χ4n) is 2.34. The Bertz CT molecular complexity index is 540. The summed E-state index contributed by atoms with van der Waals surface area (Å²) in [6.45, 7) is -0.181. The summed E-state index contributed by atoms with van der Waals surface area (Å²) in [4.78, 5) is 6.72. The predicted octanol–water partition coefficient (Wildman–Crippen LogP) is 2.06. The Kier molecular flexibility index (Phi) is 3.63. The lowest BCUT2D eigenvalue weighted by Gasteiger charge is -1.98. The number of hydrogen-bond acceptors (Lipinski definition) is 6. The van der Waals surface area contributed by atoms with Gasteiger partial charge in [-0.1, -0.05) is 11.6 Å². The molecule has 1 aliphatic carbocycles. The number of aromatic nitrogens is 2. The molecule has 0 fully saturated rings. The van der Waals surface area contributed by atoms with Gasteiger partial charge in [-0.15, -0.1) is 11.3 Å². The zero-order valence-electron chi connectivity index (χ0n) is 10.6. The fourth-order valence-corrected chi connectivity index (χ4v) is 3.52. The summed E-state index contributed by atoms with van der Waals surface area (Å²) in [7, 11) is 0. The molecule has 0 aromatic carbocycles. The first-order valence-corrected chi connectivity index (χ1v) is 7.41. The molecule has 0 aliphatic heterocycles. The summed E-state index contributed by atoms with van der Waals surface area (Å²) < 4.78 is 5.24. The van der Waals surface area contributed by atoms with E-state index in [0.29, 0.717) is 11.7 Å². The minimum atomic E-state index is -0.574. The highest BCUT2D eigenvalue weighted by atomic mass is 32.1. The van der Waals surface area contributed by atoms with Gasteiger partial charge in [-0.2, -0.15) is 4.98 Å². The van der Waals surface area contributed by atoms with Crippen LogP contribution in [0.2, 0.25) is 0 Å². The Morgan fingerprint density at radius 3 is 3.05 bits per heavy atom. The van der Waals surface area contributed by atoms with Gasteiger partial charge in [0.1, 0.15) is 0 Å². The SMILES string of the molecule is NC(CO)c1noc(-c2cc3c(s2)CCCCC3)n1. The highest BCUT2D eigenvalue weighted by Crippen LogP contribution is 2.34. The van der Waals surface area contributed by atoms with Gasteiger partial charge in [0.05, 0.1) is 17.5 Å². The third-order valence-corrected chi connectivity index (χ3v) is 4.65. The first-order chi connectivity index (χ1) is 9.28. The van der Waals surface area contributed by atoms with Gasteiger partial charge >= 0.3 is 0 Å². The van der Waals surface area contributed by atoms with Gasteiger partial charge in [0, 0.05) is 4.88 Å². The van der Waals surface area contributed by atoms with E-state index in [2.05, 4.69) is 16.2 Å². The van der Waals surface area contributed by atoms with Crippen LogP contribution in [0.15, 0.2) is 10.6 Å². The van der Waals surface area contributed by atoms with Crippen molar-refractivity contribution in [1.29, 1.82) is 0 Å². The van der Waals surface area contributed by atoms with Crippen LogP contribution in [0.25, 0.3) is 10.8 Å². The number of hydrogen-bond donors (Lipinski definition) is 2. The average Bonchev–Trinajstić information content (AvgIpc) is 3.01. The molecule has 1 unspecified atom stereocenters. The van der Waals surface area contributed by atoms with Gasteiger partial charge in [-0.05, 0) is 37.3 Å². The van der Waals surface area contributed by atoms with Crippen LogP contribution in [-0.2, 0) is 12.8 Å². The highest BCUT2D eigenvalue weighted by molar-refractivity contribution is 7.15. The molecule has 0 spiro atoms. The van der Waals surface area contributed by atoms with E-state index in [0.717, 1.165) is 17.7 Å². The number of nitrogens with zero attached hydrogens (tertiary/aromatic N) is 2. The number of thiophene rings is 1. The summed E-state index contributed by atoms with van der Waals surface area (Å²) in [5.74, 6) is 0.873. The van der Waals surface area contributed by atoms with Crippen LogP contribution >= 0.6 is 11.3 Å². The maximum atomic E-state index is 8.99. The smallest absolute Gasteiger partial charge is 0.268 e. The summed E-state index contributed by atoms with van der Waals surface area (Å²) in [6.07, 6.45) is 6.12. The van der Waals surface area contributed by atoms with Crippen molar-refractivity contribution in [2.75, 3.05) is 6.61 Å². The first-order valence-electron chi connectivity index (χ1n) is 6.60. The molecule has 0 amide bonds. The second kappa shape index (κ2) is 5.40. The van der Waals surface area contributed by atoms with Gasteiger partial charge in [0.2, 0.25) is 0 Å². The molecule has 102 valence electrons. The first kappa shape index (κ1) is 12.8. The summed E-state index contributed by atoms with van der Waals surface area (Å²) in [5.41, 5.74) is 7.09. The lowest BCUT2D eigenvalue weighted by atomic mass is 10.1. The fraction of sp³-hybridized carbons (Fsp3) is 0.538. The molecule has 0 bridgehead atoms. The topological polar surface area (TPSA) is 85.2 Å². The zero-order chi connectivity index (χ0) is 13.2. The van der Waals surface area contributed by atoms with Crippen LogP contribution in [0, 0.1) is 0 Å². The van der Waals surface area contributed by atoms with E-state index in [9.17, 15) is 0 Å². The van der Waals surface area contributed by atoms with Gasteiger partial charge in [-0.25, -0.2) is 0 Å². The van der Waals surface area contributed by atoms with Crippen molar-refractivity contribution in [3.63, 3.8) is 0 Å². The van der Waals surface area contributed by atoms with Gasteiger partial charge in [-0.3, -0.25) is 0 Å². The zero-order valence-corrected chi connectivity index (χ0v) is 11.4. The van der Waals surface area contributed by atoms with Crippen LogP contribution in [0.1, 0.15) is 41.6 Å². The van der Waals surface area contributed by atoms with Crippen molar-refractivity contribution in [3.8, 4) is 10.8 Å². The van der Waals surface area contributed by atoms with Crippen molar-refractivity contribution >= 4 is 11.3 Å². The summed E-state index contributed by atoms with van der Waals surface area (Å²) in [5, 5.41) is 12.8. The molecule has 1 aliphatic rings. The number of nitrogens with two attached hydrogens (primary N) is 1. The van der Waals surface area contributed by atoms with E-state index < -0.39 is 6.04 Å². The molecule has 2 heterocycles. The second-order valence-electron chi connectivity index (χ2n) is 4.87. The van der Waals surface area contributed by atoms with E-state index in [1.807, 2.05) is 0 Å². The Morgan fingerprint density at radius 1 is 1.37 bits per heavy atom. The van der Waals surface area contributed by atoms with E-state index in [1.165, 1.54) is 29.7 Å². The number of rotatable bonds is 3. The highest BCUT2D eigenvalue weighted by Gasteiger charge is 2.19. The predicted molar refractivity (Wildman–Crippen MR) is 72.9 cm³/mol. The molecule has 19 heavy (non-hydrogen) atoms. The number of aryl methyl sites for hydroxylation is 2. The third-order valence-electron chi connectivity index (χ3n) is 3.43. The van der Waals surface area contributed by atoms with E-state index in [4.69, 9.17) is 15.4 Å². The summed E-state index contributed by atoms with van der Waals surface area (Å²) >= 11 is 1.73. The molecule has 0 saturated carbocycles. The maximum Gasteiger partial charge on any atom is 0.268 e. The van der Waals surface area contributed by atoms with Gasteiger partial charge in [0.25, 0.3) is 5.89 Å². The van der Waals surface area contributed by atoms with E-state index >= 15 is 0 Å². The molecule has 2 aromatic heterocycles. The molecule has 2 aromatic rings. The lowest BCUT2D eigenvalue weighted by molar-refractivity contribution is 0.260. The minimum absolute atomic E-state index is 0.181. The van der Waals surface area contributed by atoms with Crippen LogP contribution in [0.5, 0.6) is 0 Å². The van der Waals surface area contributed by atoms with Crippen molar-refractivity contribution < 1.29 is 9.63 Å². The van der Waals surface area contributed by atoms with Crippen LogP contribution in [0.3, 0.4) is 0 Å². The van der Waals surface area contributed by atoms with Crippen molar-refractivity contribution in [3.05, 3.63) is 22.3 Å². The molecule has 6 heteroatoms. The van der Waals surface area contributed by atoms with Crippen LogP contribution in [-0.4, -0.2) is 21.9 Å². The summed E-state index contributed by atoms with van der Waals surface area (Å²) in [6, 6.07) is 1.59. The Hall–Kier alpha value is -1.24. The normalized spacial score (nSPS) is 16.9. The van der Waals surface area contributed by atoms with E-state index in [-0.39, 0.29) is 6.61 Å². The minimum Gasteiger partial charge on any atom is -0.394 e. The maximum absolute atomic E-state index is 8.99. The quantitative estimate of drug-likeness (QED) is 0.840. The molecule has 1 atom stereocenters. The van der Waals surface area contributed by atoms with Crippen molar-refractivity contribution in [2.24, 2.45) is 5.73 Å². The lowest BCUT2D eigenvalue weighted by Crippen LogP contribution is -2.15. The molecular weight excluding hydrogens is 262 g/mol. The number of fused-ring (bicyclic) bond motifs is 1. The van der Waals surface area contributed by atoms with Crippen molar-refractivity contribution in [2.45, 2.75) is 38.1 Å². The molecular formula is C13H17N3O2S. The largest absolute Gasteiger partial charge is 0.394 e. The van der Waals surface area contributed by atoms with E-state index in [1.54, 1.807) is 11.3 Å². The standard InChI is InChI=1S/C13H17N3O2S/c14-9(7-17)12-15-13(18-16-12)11-6-8-4-2-1-3-5-10(8)19-11/h6,9,17H,1-5,7,14H2.